The molecule has 1 fully saturated rings. The van der Waals surface area contributed by atoms with Gasteiger partial charge in [0.05, 0.1) is 10.5 Å². The highest BCUT2D eigenvalue weighted by atomic mass is 32.2. The third-order valence-corrected chi connectivity index (χ3v) is 6.57. The lowest BCUT2D eigenvalue weighted by atomic mass is 10.1. The summed E-state index contributed by atoms with van der Waals surface area (Å²) < 4.78 is 58.3. The predicted octanol–water partition coefficient (Wildman–Crippen LogP) is 3.18. The van der Waals surface area contributed by atoms with E-state index in [4.69, 9.17) is 4.74 Å². The molecule has 6 nitrogen and oxygen atoms in total. The lowest BCUT2D eigenvalue weighted by Crippen LogP contribution is -2.36. The van der Waals surface area contributed by atoms with Crippen molar-refractivity contribution in [2.75, 3.05) is 19.7 Å². The third kappa shape index (κ3) is 4.68. The molecule has 0 atom stereocenters. The Balaban J connectivity index is 1.76. The Morgan fingerprint density at radius 1 is 0.966 bits per heavy atom. The molecule has 0 aromatic heterocycles. The van der Waals surface area contributed by atoms with Crippen molar-refractivity contribution >= 4 is 21.8 Å². The number of carbonyl (C=O) groups is 2. The van der Waals surface area contributed by atoms with Gasteiger partial charge in [0.1, 0.15) is 0 Å². The van der Waals surface area contributed by atoms with Gasteiger partial charge in [0, 0.05) is 18.7 Å². The first-order chi connectivity index (χ1) is 13.8. The highest BCUT2D eigenvalue weighted by molar-refractivity contribution is 7.89. The largest absolute Gasteiger partial charge is 0.454 e. The van der Waals surface area contributed by atoms with E-state index >= 15 is 0 Å². The van der Waals surface area contributed by atoms with Crippen molar-refractivity contribution < 1.29 is 31.5 Å². The molecule has 0 unspecified atom stereocenters. The number of halogens is 2. The quantitative estimate of drug-likeness (QED) is 0.527. The van der Waals surface area contributed by atoms with Crippen molar-refractivity contribution in [3.05, 3.63) is 65.2 Å². The number of esters is 1. The summed E-state index contributed by atoms with van der Waals surface area (Å²) in [5.41, 5.74) is -0.345. The molecule has 0 radical (unpaired) electrons. The molecule has 1 aliphatic rings. The molecule has 29 heavy (non-hydrogen) atoms. The smallest absolute Gasteiger partial charge is 0.339 e. The zero-order valence-corrected chi connectivity index (χ0v) is 16.3. The fourth-order valence-corrected chi connectivity index (χ4v) is 4.76. The number of hydrogen-bond donors (Lipinski definition) is 0. The van der Waals surface area contributed by atoms with E-state index in [2.05, 4.69) is 0 Å². The number of Topliss-reactive ketones (excluding diaryl/α,β-unsaturated/α-hetero) is 1. The highest BCUT2D eigenvalue weighted by Crippen LogP contribution is 2.24. The van der Waals surface area contributed by atoms with Gasteiger partial charge in [0.2, 0.25) is 10.0 Å². The van der Waals surface area contributed by atoms with Crippen LogP contribution in [0.5, 0.6) is 0 Å². The maximum atomic E-state index is 13.3. The van der Waals surface area contributed by atoms with Crippen LogP contribution in [0.3, 0.4) is 0 Å². The average molecular weight is 423 g/mol. The average Bonchev–Trinajstić information content (AvgIpc) is 2.74. The zero-order chi connectivity index (χ0) is 21.0. The Morgan fingerprint density at radius 2 is 1.66 bits per heavy atom. The minimum atomic E-state index is -3.88. The van der Waals surface area contributed by atoms with E-state index < -0.39 is 40.0 Å². The molecule has 2 aromatic carbocycles. The maximum Gasteiger partial charge on any atom is 0.339 e. The first-order valence-electron chi connectivity index (χ1n) is 9.05. The van der Waals surface area contributed by atoms with Gasteiger partial charge >= 0.3 is 5.97 Å². The number of sulfonamides is 1. The summed E-state index contributed by atoms with van der Waals surface area (Å²) >= 11 is 0. The van der Waals surface area contributed by atoms with Crippen molar-refractivity contribution in [3.63, 3.8) is 0 Å². The van der Waals surface area contributed by atoms with E-state index in [-0.39, 0.29) is 16.0 Å². The minimum absolute atomic E-state index is 0.161. The number of piperidine rings is 1. The molecule has 1 aliphatic heterocycles. The second-order valence-electron chi connectivity index (χ2n) is 6.59. The monoisotopic (exact) mass is 423 g/mol. The van der Waals surface area contributed by atoms with Crippen LogP contribution >= 0.6 is 0 Å². The first-order valence-corrected chi connectivity index (χ1v) is 10.5. The number of benzene rings is 2. The van der Waals surface area contributed by atoms with Crippen LogP contribution in [0.2, 0.25) is 0 Å². The van der Waals surface area contributed by atoms with E-state index in [1.807, 2.05) is 0 Å². The number of ether oxygens (including phenoxy) is 1. The number of hydrogen-bond acceptors (Lipinski definition) is 5. The summed E-state index contributed by atoms with van der Waals surface area (Å²) in [7, 11) is -3.88. The van der Waals surface area contributed by atoms with E-state index in [0.29, 0.717) is 19.2 Å². The molecule has 3 rings (SSSR count). The molecule has 0 amide bonds. The second-order valence-corrected chi connectivity index (χ2v) is 8.50. The fraction of sp³-hybridized carbons (Fsp3) is 0.300. The molecule has 9 heteroatoms. The number of rotatable bonds is 6. The van der Waals surface area contributed by atoms with E-state index in [1.54, 1.807) is 0 Å². The van der Waals surface area contributed by atoms with Gasteiger partial charge in [-0.3, -0.25) is 4.79 Å². The third-order valence-electron chi connectivity index (χ3n) is 4.62. The van der Waals surface area contributed by atoms with Crippen LogP contribution in [-0.4, -0.2) is 44.2 Å². The molecule has 0 saturated carbocycles. The van der Waals surface area contributed by atoms with Gasteiger partial charge < -0.3 is 4.74 Å². The SMILES string of the molecule is O=C(COC(=O)c1ccccc1S(=O)(=O)N1CCCCC1)c1ccc(F)c(F)c1. The Morgan fingerprint density at radius 3 is 2.34 bits per heavy atom. The molecule has 0 aliphatic carbocycles. The van der Waals surface area contributed by atoms with Crippen molar-refractivity contribution in [2.45, 2.75) is 24.2 Å². The first kappa shape index (κ1) is 21.1. The Bertz CT molecular complexity index is 1030. The normalized spacial score (nSPS) is 15.1. The van der Waals surface area contributed by atoms with Crippen molar-refractivity contribution in [1.82, 2.24) is 4.31 Å². The molecular formula is C20H19F2NO5S. The lowest BCUT2D eigenvalue weighted by molar-refractivity contribution is 0.0470. The lowest BCUT2D eigenvalue weighted by Gasteiger charge is -2.26. The summed E-state index contributed by atoms with van der Waals surface area (Å²) in [4.78, 5) is 24.4. The molecule has 0 N–H and O–H groups in total. The number of carbonyl (C=O) groups excluding carboxylic acids is 2. The van der Waals surface area contributed by atoms with Crippen LogP contribution in [-0.2, 0) is 14.8 Å². The van der Waals surface area contributed by atoms with Gasteiger partial charge in [-0.15, -0.1) is 0 Å². The number of nitrogens with zero attached hydrogens (tertiary/aromatic N) is 1. The summed E-state index contributed by atoms with van der Waals surface area (Å²) in [5, 5.41) is 0. The topological polar surface area (TPSA) is 80.8 Å². The van der Waals surface area contributed by atoms with Gasteiger partial charge in [0.25, 0.3) is 0 Å². The van der Waals surface area contributed by atoms with E-state index in [0.717, 1.165) is 31.4 Å². The van der Waals surface area contributed by atoms with Gasteiger partial charge in [-0.05, 0) is 43.2 Å². The summed E-state index contributed by atoms with van der Waals surface area (Å²) in [5.74, 6) is -4.03. The Kier molecular flexibility index (Phi) is 6.39. The van der Waals surface area contributed by atoms with Crippen molar-refractivity contribution in [2.24, 2.45) is 0 Å². The van der Waals surface area contributed by atoms with Gasteiger partial charge in [-0.2, -0.15) is 4.31 Å². The standard InChI is InChI=1S/C20H19F2NO5S/c21-16-9-8-14(12-17(16)22)18(24)13-28-20(25)15-6-2-3-7-19(15)29(26,27)23-10-4-1-5-11-23/h2-3,6-9,12H,1,4-5,10-11,13H2. The van der Waals surface area contributed by atoms with Gasteiger partial charge in [-0.25, -0.2) is 22.0 Å². The predicted molar refractivity (Wildman–Crippen MR) is 100 cm³/mol. The van der Waals surface area contributed by atoms with Crippen LogP contribution in [0.25, 0.3) is 0 Å². The molecule has 1 saturated heterocycles. The van der Waals surface area contributed by atoms with Crippen LogP contribution in [0.1, 0.15) is 40.0 Å². The number of ketones is 1. The fourth-order valence-electron chi connectivity index (χ4n) is 3.07. The van der Waals surface area contributed by atoms with Gasteiger partial charge in [-0.1, -0.05) is 18.6 Å². The van der Waals surface area contributed by atoms with Crippen LogP contribution < -0.4 is 0 Å². The highest BCUT2D eigenvalue weighted by Gasteiger charge is 2.30. The molecule has 2 aromatic rings. The Hall–Kier alpha value is -2.65. The van der Waals surface area contributed by atoms with Gasteiger partial charge in [0.15, 0.2) is 24.0 Å². The Labute approximate surface area is 167 Å². The van der Waals surface area contributed by atoms with Crippen LogP contribution in [0.15, 0.2) is 47.4 Å². The van der Waals surface area contributed by atoms with Crippen LogP contribution in [0.4, 0.5) is 8.78 Å². The summed E-state index contributed by atoms with van der Waals surface area (Å²) in [6.07, 6.45) is 2.44. The van der Waals surface area contributed by atoms with E-state index in [9.17, 15) is 26.8 Å². The zero-order valence-electron chi connectivity index (χ0n) is 15.4. The van der Waals surface area contributed by atoms with Crippen molar-refractivity contribution in [3.8, 4) is 0 Å². The molecule has 1 heterocycles. The van der Waals surface area contributed by atoms with Crippen LogP contribution in [0, 0.1) is 11.6 Å². The minimum Gasteiger partial charge on any atom is -0.454 e. The summed E-state index contributed by atoms with van der Waals surface area (Å²) in [6.45, 7) is 0.0165. The molecule has 154 valence electrons. The summed E-state index contributed by atoms with van der Waals surface area (Å²) in [6, 6.07) is 8.19. The molecule has 0 bridgehead atoms. The van der Waals surface area contributed by atoms with Crippen molar-refractivity contribution in [1.29, 1.82) is 0 Å². The molecular weight excluding hydrogens is 404 g/mol. The second kappa shape index (κ2) is 8.79. The van der Waals surface area contributed by atoms with E-state index in [1.165, 1.54) is 28.6 Å². The maximum absolute atomic E-state index is 13.3. The molecule has 0 spiro atoms.